The molecule has 0 aliphatic carbocycles. The summed E-state index contributed by atoms with van der Waals surface area (Å²) in [5.41, 5.74) is 6.21. The van der Waals surface area contributed by atoms with Gasteiger partial charge in [-0.2, -0.15) is 0 Å². The van der Waals surface area contributed by atoms with Crippen molar-refractivity contribution in [3.8, 4) is 5.69 Å². The molecule has 1 aromatic carbocycles. The number of ether oxygens (including phenoxy) is 1. The molecule has 3 nitrogen and oxygen atoms in total. The molecule has 0 fully saturated rings. The minimum atomic E-state index is 0.771. The molecule has 0 atom stereocenters. The van der Waals surface area contributed by atoms with Crippen LogP contribution in [0.25, 0.3) is 5.69 Å². The van der Waals surface area contributed by atoms with Gasteiger partial charge in [0.2, 0.25) is 0 Å². The van der Waals surface area contributed by atoms with Gasteiger partial charge in [-0.3, -0.25) is 0 Å². The summed E-state index contributed by atoms with van der Waals surface area (Å²) < 4.78 is 7.35. The van der Waals surface area contributed by atoms with E-state index in [4.69, 9.17) is 16.3 Å². The summed E-state index contributed by atoms with van der Waals surface area (Å²) in [4.78, 5) is 0. The number of nitrogens with one attached hydrogen (secondary N) is 1. The van der Waals surface area contributed by atoms with Gasteiger partial charge in [0.15, 0.2) is 0 Å². The highest BCUT2D eigenvalue weighted by Crippen LogP contribution is 2.25. The molecule has 2 rings (SSSR count). The van der Waals surface area contributed by atoms with Gasteiger partial charge in [-0.25, -0.2) is 0 Å². The third-order valence-electron chi connectivity index (χ3n) is 3.97. The van der Waals surface area contributed by atoms with Gasteiger partial charge in [-0.15, -0.1) is 0 Å². The smallest absolute Gasteiger partial charge is 0.0499 e. The number of aromatic nitrogens is 1. The fourth-order valence-electron chi connectivity index (χ4n) is 2.77. The maximum absolute atomic E-state index is 6.17. The van der Waals surface area contributed by atoms with Gasteiger partial charge in [0, 0.05) is 42.4 Å². The van der Waals surface area contributed by atoms with Crippen LogP contribution in [0.3, 0.4) is 0 Å². The van der Waals surface area contributed by atoms with E-state index in [-0.39, 0.29) is 0 Å². The van der Waals surface area contributed by atoms with Gasteiger partial charge < -0.3 is 14.6 Å². The highest BCUT2D eigenvalue weighted by molar-refractivity contribution is 6.30. The Morgan fingerprint density at radius 1 is 1.18 bits per heavy atom. The number of nitrogens with zero attached hydrogens (tertiary/aromatic N) is 1. The van der Waals surface area contributed by atoms with E-state index >= 15 is 0 Å². The summed E-state index contributed by atoms with van der Waals surface area (Å²) in [7, 11) is 1.74. The van der Waals surface area contributed by atoms with Crippen molar-refractivity contribution in [1.82, 2.24) is 9.88 Å². The fourth-order valence-corrected chi connectivity index (χ4v) is 2.93. The normalized spacial score (nSPS) is 11.1. The molecule has 1 heterocycles. The number of hydrogen-bond acceptors (Lipinski definition) is 2. The third-order valence-corrected chi connectivity index (χ3v) is 4.20. The molecule has 0 saturated carbocycles. The Hall–Kier alpha value is -1.29. The molecule has 0 saturated heterocycles. The van der Waals surface area contributed by atoms with Crippen LogP contribution in [0.4, 0.5) is 0 Å². The molecule has 0 bridgehead atoms. The van der Waals surface area contributed by atoms with Gasteiger partial charge in [-0.05, 0) is 63.1 Å². The number of halogens is 1. The number of methoxy groups -OCH3 is 1. The first-order valence-corrected chi connectivity index (χ1v) is 8.06. The maximum Gasteiger partial charge on any atom is 0.0499 e. The van der Waals surface area contributed by atoms with Crippen LogP contribution in [0, 0.1) is 20.8 Å². The highest BCUT2D eigenvalue weighted by Gasteiger charge is 2.12. The van der Waals surface area contributed by atoms with Crippen LogP contribution < -0.4 is 5.32 Å². The highest BCUT2D eigenvalue weighted by atomic mass is 35.5. The predicted molar refractivity (Wildman–Crippen MR) is 93.2 cm³/mol. The predicted octanol–water partition coefficient (Wildman–Crippen LogP) is 4.18. The van der Waals surface area contributed by atoms with E-state index in [0.29, 0.717) is 0 Å². The van der Waals surface area contributed by atoms with Crippen molar-refractivity contribution in [2.45, 2.75) is 33.7 Å². The van der Waals surface area contributed by atoms with E-state index in [0.717, 1.165) is 36.8 Å². The Kier molecular flexibility index (Phi) is 6.07. The molecule has 0 radical (unpaired) electrons. The van der Waals surface area contributed by atoms with E-state index in [1.807, 2.05) is 12.1 Å². The van der Waals surface area contributed by atoms with Crippen molar-refractivity contribution in [1.29, 1.82) is 0 Å². The van der Waals surface area contributed by atoms with E-state index < -0.39 is 0 Å². The second kappa shape index (κ2) is 7.82. The molecule has 0 aliphatic heterocycles. The SMILES string of the molecule is COCCCNCc1cc(C)n(-c2cc(Cl)ccc2C)c1C. The lowest BCUT2D eigenvalue weighted by Gasteiger charge is -2.13. The quantitative estimate of drug-likeness (QED) is 0.774. The van der Waals surface area contributed by atoms with Gasteiger partial charge in [0.25, 0.3) is 0 Å². The second-order valence-corrected chi connectivity index (χ2v) is 6.12. The number of hydrogen-bond donors (Lipinski definition) is 1. The van der Waals surface area contributed by atoms with Crippen molar-refractivity contribution in [2.24, 2.45) is 0 Å². The minimum absolute atomic E-state index is 0.771. The lowest BCUT2D eigenvalue weighted by molar-refractivity contribution is 0.194. The first-order valence-electron chi connectivity index (χ1n) is 7.68. The summed E-state index contributed by atoms with van der Waals surface area (Å²) in [6, 6.07) is 8.29. The van der Waals surface area contributed by atoms with Crippen LogP contribution in [-0.2, 0) is 11.3 Å². The summed E-state index contributed by atoms with van der Waals surface area (Å²) in [6.45, 7) is 9.07. The molecule has 0 amide bonds. The maximum atomic E-state index is 6.17. The number of rotatable bonds is 7. The van der Waals surface area contributed by atoms with Crippen molar-refractivity contribution >= 4 is 11.6 Å². The Bertz CT molecular complexity index is 634. The lowest BCUT2D eigenvalue weighted by Crippen LogP contribution is -2.16. The molecule has 1 aromatic heterocycles. The molecular formula is C18H25ClN2O. The van der Waals surface area contributed by atoms with Crippen molar-refractivity contribution < 1.29 is 4.74 Å². The van der Waals surface area contributed by atoms with Gasteiger partial charge in [-0.1, -0.05) is 17.7 Å². The summed E-state index contributed by atoms with van der Waals surface area (Å²) in [5, 5.41) is 4.25. The summed E-state index contributed by atoms with van der Waals surface area (Å²) in [6.07, 6.45) is 1.03. The first-order chi connectivity index (χ1) is 10.5. The summed E-state index contributed by atoms with van der Waals surface area (Å²) in [5.74, 6) is 0. The van der Waals surface area contributed by atoms with E-state index in [1.165, 1.54) is 22.5 Å². The molecule has 120 valence electrons. The van der Waals surface area contributed by atoms with Crippen LogP contribution in [0.15, 0.2) is 24.3 Å². The Labute approximate surface area is 138 Å². The zero-order valence-corrected chi connectivity index (χ0v) is 14.6. The Morgan fingerprint density at radius 2 is 1.95 bits per heavy atom. The largest absolute Gasteiger partial charge is 0.385 e. The molecular weight excluding hydrogens is 296 g/mol. The number of aryl methyl sites for hydroxylation is 2. The standard InChI is InChI=1S/C18H25ClN2O/c1-13-6-7-17(19)11-18(13)21-14(2)10-16(15(21)3)12-20-8-5-9-22-4/h6-7,10-11,20H,5,8-9,12H2,1-4H3. The van der Waals surface area contributed by atoms with Crippen LogP contribution in [0.1, 0.15) is 28.9 Å². The van der Waals surface area contributed by atoms with E-state index in [1.54, 1.807) is 7.11 Å². The fraction of sp³-hybridized carbons (Fsp3) is 0.444. The van der Waals surface area contributed by atoms with Gasteiger partial charge >= 0.3 is 0 Å². The van der Waals surface area contributed by atoms with Crippen LogP contribution in [0.5, 0.6) is 0 Å². The van der Waals surface area contributed by atoms with Crippen molar-refractivity contribution in [2.75, 3.05) is 20.3 Å². The third kappa shape index (κ3) is 3.92. The molecule has 2 aromatic rings. The average Bonchev–Trinajstić information content (AvgIpc) is 2.76. The van der Waals surface area contributed by atoms with Crippen LogP contribution >= 0.6 is 11.6 Å². The molecule has 4 heteroatoms. The van der Waals surface area contributed by atoms with E-state index in [9.17, 15) is 0 Å². The monoisotopic (exact) mass is 320 g/mol. The molecule has 0 unspecified atom stereocenters. The lowest BCUT2D eigenvalue weighted by atomic mass is 10.2. The topological polar surface area (TPSA) is 26.2 Å². The zero-order valence-electron chi connectivity index (χ0n) is 13.9. The van der Waals surface area contributed by atoms with Crippen molar-refractivity contribution in [3.05, 3.63) is 51.8 Å². The number of benzene rings is 1. The van der Waals surface area contributed by atoms with E-state index in [2.05, 4.69) is 42.8 Å². The Balaban J connectivity index is 2.18. The van der Waals surface area contributed by atoms with Crippen LogP contribution in [-0.4, -0.2) is 24.8 Å². The minimum Gasteiger partial charge on any atom is -0.385 e. The van der Waals surface area contributed by atoms with Gasteiger partial charge in [0.1, 0.15) is 0 Å². The average molecular weight is 321 g/mol. The van der Waals surface area contributed by atoms with Crippen LogP contribution in [0.2, 0.25) is 5.02 Å². The molecule has 0 spiro atoms. The molecule has 0 aliphatic rings. The Morgan fingerprint density at radius 3 is 2.68 bits per heavy atom. The van der Waals surface area contributed by atoms with Crippen molar-refractivity contribution in [3.63, 3.8) is 0 Å². The molecule has 1 N–H and O–H groups in total. The zero-order chi connectivity index (χ0) is 16.1. The first kappa shape index (κ1) is 17.1. The van der Waals surface area contributed by atoms with Gasteiger partial charge in [0.05, 0.1) is 0 Å². The second-order valence-electron chi connectivity index (χ2n) is 5.69. The molecule has 22 heavy (non-hydrogen) atoms. The summed E-state index contributed by atoms with van der Waals surface area (Å²) >= 11 is 6.17.